The highest BCUT2D eigenvalue weighted by Gasteiger charge is 2.17. The first-order chi connectivity index (χ1) is 25.2. The van der Waals surface area contributed by atoms with Crippen molar-refractivity contribution in [2.45, 2.75) is 0 Å². The minimum atomic E-state index is 0.577. The van der Waals surface area contributed by atoms with E-state index in [1.54, 1.807) is 0 Å². The molecule has 0 atom stereocenters. The molecule has 0 aliphatic carbocycles. The van der Waals surface area contributed by atoms with Gasteiger partial charge in [-0.25, -0.2) is 15.0 Å². The second kappa shape index (κ2) is 12.7. The molecule has 238 valence electrons. The van der Waals surface area contributed by atoms with Crippen LogP contribution in [0.4, 0.5) is 0 Å². The Bertz CT molecular complexity index is 2610. The van der Waals surface area contributed by atoms with E-state index in [-0.39, 0.29) is 0 Å². The summed E-state index contributed by atoms with van der Waals surface area (Å²) in [7, 11) is 0. The molecule has 7 aromatic carbocycles. The fourth-order valence-corrected chi connectivity index (χ4v) is 6.74. The quantitative estimate of drug-likeness (QED) is 0.179. The Morgan fingerprint density at radius 1 is 0.373 bits per heavy atom. The molecular weight excluding hydrogens is 623 g/mol. The summed E-state index contributed by atoms with van der Waals surface area (Å²) in [5, 5.41) is 11.8. The third kappa shape index (κ3) is 5.61. The van der Waals surface area contributed by atoms with Gasteiger partial charge in [-0.05, 0) is 70.8 Å². The predicted molar refractivity (Wildman–Crippen MR) is 206 cm³/mol. The molecule has 0 aliphatic rings. The van der Waals surface area contributed by atoms with Crippen LogP contribution < -0.4 is 0 Å². The van der Waals surface area contributed by atoms with Crippen LogP contribution in [0.1, 0.15) is 5.56 Å². The Labute approximate surface area is 295 Å². The van der Waals surface area contributed by atoms with Crippen LogP contribution in [-0.4, -0.2) is 19.5 Å². The third-order valence-corrected chi connectivity index (χ3v) is 9.30. The van der Waals surface area contributed by atoms with Crippen molar-refractivity contribution >= 4 is 21.8 Å². The van der Waals surface area contributed by atoms with Crippen molar-refractivity contribution in [3.05, 3.63) is 181 Å². The van der Waals surface area contributed by atoms with Gasteiger partial charge in [-0.15, -0.1) is 0 Å². The summed E-state index contributed by atoms with van der Waals surface area (Å²) in [6, 6.07) is 62.2. The van der Waals surface area contributed by atoms with Crippen LogP contribution in [0.5, 0.6) is 0 Å². The highest BCUT2D eigenvalue weighted by molar-refractivity contribution is 6.10. The maximum Gasteiger partial charge on any atom is 0.164 e. The Balaban J connectivity index is 1.21. The van der Waals surface area contributed by atoms with Gasteiger partial charge < -0.3 is 4.57 Å². The third-order valence-electron chi connectivity index (χ3n) is 9.30. The second-order valence-electron chi connectivity index (χ2n) is 12.4. The molecule has 0 fully saturated rings. The molecule has 0 N–H and O–H groups in total. The van der Waals surface area contributed by atoms with E-state index in [0.717, 1.165) is 66.4 Å². The largest absolute Gasteiger partial charge is 0.309 e. The van der Waals surface area contributed by atoms with Gasteiger partial charge in [0, 0.05) is 33.2 Å². The van der Waals surface area contributed by atoms with Crippen LogP contribution in [0.3, 0.4) is 0 Å². The van der Waals surface area contributed by atoms with Crippen molar-refractivity contribution in [1.29, 1.82) is 5.26 Å². The van der Waals surface area contributed by atoms with Gasteiger partial charge in [0.15, 0.2) is 17.5 Å². The molecule has 0 amide bonds. The monoisotopic (exact) mass is 651 g/mol. The first kappa shape index (κ1) is 29.9. The van der Waals surface area contributed by atoms with Crippen molar-refractivity contribution in [2.75, 3.05) is 0 Å². The molecule has 9 aromatic rings. The predicted octanol–water partition coefficient (Wildman–Crippen LogP) is 11.2. The number of benzene rings is 7. The fourth-order valence-electron chi connectivity index (χ4n) is 6.74. The van der Waals surface area contributed by atoms with E-state index in [9.17, 15) is 5.26 Å². The molecule has 51 heavy (non-hydrogen) atoms. The first-order valence-corrected chi connectivity index (χ1v) is 16.8. The number of rotatable bonds is 6. The molecule has 9 rings (SSSR count). The minimum absolute atomic E-state index is 0.577. The van der Waals surface area contributed by atoms with Crippen LogP contribution >= 0.6 is 0 Å². The summed E-state index contributed by atoms with van der Waals surface area (Å²) in [5.74, 6) is 1.77. The second-order valence-corrected chi connectivity index (χ2v) is 12.4. The van der Waals surface area contributed by atoms with Crippen LogP contribution in [0, 0.1) is 11.3 Å². The van der Waals surface area contributed by atoms with Crippen LogP contribution in [0.2, 0.25) is 0 Å². The van der Waals surface area contributed by atoms with Gasteiger partial charge >= 0.3 is 0 Å². The van der Waals surface area contributed by atoms with E-state index in [1.165, 1.54) is 0 Å². The molecule has 0 unspecified atom stereocenters. The number of nitrogens with zero attached hydrogens (tertiary/aromatic N) is 5. The fraction of sp³-hybridized carbons (Fsp3) is 0. The lowest BCUT2D eigenvalue weighted by molar-refractivity contribution is 1.07. The summed E-state index contributed by atoms with van der Waals surface area (Å²) in [6.45, 7) is 0. The van der Waals surface area contributed by atoms with Gasteiger partial charge in [-0.1, -0.05) is 127 Å². The summed E-state index contributed by atoms with van der Waals surface area (Å²) < 4.78 is 2.24. The molecule has 0 saturated heterocycles. The zero-order chi connectivity index (χ0) is 34.1. The lowest BCUT2D eigenvalue weighted by Crippen LogP contribution is -2.00. The SMILES string of the molecule is N#Cc1ccc2c(c1)c1cc(-c3nc(-c4ccc(-c5ccccc5)cc4)nc(-c4ccc(-c5ccccc5)cc4)n3)ccc1n2-c1ccccc1. The molecule has 0 bridgehead atoms. The Hall–Kier alpha value is -7.16. The van der Waals surface area contributed by atoms with Crippen LogP contribution in [-0.2, 0) is 0 Å². The maximum absolute atomic E-state index is 9.78. The minimum Gasteiger partial charge on any atom is -0.309 e. The molecule has 2 heterocycles. The van der Waals surface area contributed by atoms with E-state index < -0.39 is 0 Å². The number of hydrogen-bond donors (Lipinski definition) is 0. The summed E-state index contributed by atoms with van der Waals surface area (Å²) in [4.78, 5) is 15.2. The average molecular weight is 652 g/mol. The smallest absolute Gasteiger partial charge is 0.164 e. The van der Waals surface area contributed by atoms with Crippen molar-refractivity contribution in [2.24, 2.45) is 0 Å². The highest BCUT2D eigenvalue weighted by Crippen LogP contribution is 2.36. The van der Waals surface area contributed by atoms with Gasteiger partial charge in [0.05, 0.1) is 22.7 Å². The molecule has 0 saturated carbocycles. The highest BCUT2D eigenvalue weighted by atomic mass is 15.0. The zero-order valence-electron chi connectivity index (χ0n) is 27.5. The van der Waals surface area contributed by atoms with E-state index >= 15 is 0 Å². The van der Waals surface area contributed by atoms with Gasteiger partial charge in [0.2, 0.25) is 0 Å². The standard InChI is InChI=1S/C46H29N5/c47-30-31-16-26-42-40(28-31)41-29-38(25-27-43(41)51(42)39-14-8-3-9-15-39)46-49-44(36-21-17-34(18-22-36)32-10-4-1-5-11-32)48-45(50-46)37-23-19-35(20-24-37)33-12-6-2-7-13-33/h1-29H. The van der Waals surface area contributed by atoms with E-state index in [2.05, 4.69) is 114 Å². The zero-order valence-corrected chi connectivity index (χ0v) is 27.5. The summed E-state index contributed by atoms with van der Waals surface area (Å²) >= 11 is 0. The number of fused-ring (bicyclic) bond motifs is 3. The number of hydrogen-bond acceptors (Lipinski definition) is 4. The number of aromatic nitrogens is 4. The molecular formula is C46H29N5. The summed E-state index contributed by atoms with van der Waals surface area (Å²) in [5.41, 5.74) is 11.0. The Kier molecular flexibility index (Phi) is 7.46. The van der Waals surface area contributed by atoms with Gasteiger partial charge in [-0.2, -0.15) is 5.26 Å². The number of para-hydroxylation sites is 1. The Morgan fingerprint density at radius 2 is 0.765 bits per heavy atom. The van der Waals surface area contributed by atoms with E-state index in [0.29, 0.717) is 23.0 Å². The summed E-state index contributed by atoms with van der Waals surface area (Å²) in [6.07, 6.45) is 0. The first-order valence-electron chi connectivity index (χ1n) is 16.8. The van der Waals surface area contributed by atoms with Gasteiger partial charge in [0.1, 0.15) is 0 Å². The molecule has 0 radical (unpaired) electrons. The normalized spacial score (nSPS) is 11.1. The van der Waals surface area contributed by atoms with E-state index in [1.807, 2.05) is 72.8 Å². The van der Waals surface area contributed by atoms with Crippen LogP contribution in [0.15, 0.2) is 176 Å². The van der Waals surface area contributed by atoms with Crippen LogP contribution in [0.25, 0.3) is 83.9 Å². The van der Waals surface area contributed by atoms with Crippen molar-refractivity contribution < 1.29 is 0 Å². The molecule has 5 nitrogen and oxygen atoms in total. The topological polar surface area (TPSA) is 67.4 Å². The van der Waals surface area contributed by atoms with Gasteiger partial charge in [0.25, 0.3) is 0 Å². The number of nitriles is 1. The molecule has 2 aromatic heterocycles. The molecule has 5 heteroatoms. The van der Waals surface area contributed by atoms with E-state index in [4.69, 9.17) is 15.0 Å². The van der Waals surface area contributed by atoms with Crippen molar-refractivity contribution in [1.82, 2.24) is 19.5 Å². The lowest BCUT2D eigenvalue weighted by atomic mass is 10.0. The van der Waals surface area contributed by atoms with Crippen molar-refractivity contribution in [3.63, 3.8) is 0 Å². The Morgan fingerprint density at radius 3 is 1.27 bits per heavy atom. The van der Waals surface area contributed by atoms with Gasteiger partial charge in [-0.3, -0.25) is 0 Å². The van der Waals surface area contributed by atoms with Crippen molar-refractivity contribution in [3.8, 4) is 68.2 Å². The molecule has 0 spiro atoms. The average Bonchev–Trinajstić information content (AvgIpc) is 3.54. The molecule has 0 aliphatic heterocycles. The lowest BCUT2D eigenvalue weighted by Gasteiger charge is -2.10. The maximum atomic E-state index is 9.78.